The third-order valence-electron chi connectivity index (χ3n) is 2.89. The van der Waals surface area contributed by atoms with Gasteiger partial charge in [-0.05, 0) is 36.8 Å². The number of carbonyl (C=O) groups excluding carboxylic acids is 1. The van der Waals surface area contributed by atoms with E-state index < -0.39 is 6.10 Å². The molecule has 122 valence electrons. The van der Waals surface area contributed by atoms with E-state index >= 15 is 0 Å². The number of carbonyl (C=O) groups is 1. The van der Waals surface area contributed by atoms with E-state index in [1.165, 1.54) is 6.08 Å². The Bertz CT molecular complexity index is 520. The Morgan fingerprint density at radius 3 is 2.73 bits per heavy atom. The average Bonchev–Trinajstić information content (AvgIpc) is 2.51. The summed E-state index contributed by atoms with van der Waals surface area (Å²) in [5.41, 5.74) is 7.63. The van der Waals surface area contributed by atoms with Crippen molar-refractivity contribution in [3.63, 3.8) is 0 Å². The van der Waals surface area contributed by atoms with E-state index in [2.05, 4.69) is 10.6 Å². The summed E-state index contributed by atoms with van der Waals surface area (Å²) in [6.07, 6.45) is 2.06. The largest absolute Gasteiger partial charge is 0.399 e. The summed E-state index contributed by atoms with van der Waals surface area (Å²) in [5.74, 6) is -0.328. The lowest BCUT2D eigenvalue weighted by molar-refractivity contribution is -0.117. The molecule has 0 heterocycles. The molecule has 0 saturated carbocycles. The maximum Gasteiger partial charge on any atom is 0.244 e. The van der Waals surface area contributed by atoms with Gasteiger partial charge in [0, 0.05) is 30.0 Å². The zero-order valence-corrected chi connectivity index (χ0v) is 12.5. The van der Waals surface area contributed by atoms with Crippen molar-refractivity contribution < 1.29 is 20.1 Å². The monoisotopic (exact) mass is 309 g/mol. The van der Waals surface area contributed by atoms with Gasteiger partial charge in [0.15, 0.2) is 0 Å². The highest BCUT2D eigenvalue weighted by Gasteiger charge is 2.06. The summed E-state index contributed by atoms with van der Waals surface area (Å²) < 4.78 is 0. The number of rotatable bonds is 8. The van der Waals surface area contributed by atoms with Crippen molar-refractivity contribution in [1.82, 2.24) is 5.32 Å². The molecule has 7 heteroatoms. The number of amides is 1. The zero-order valence-electron chi connectivity index (χ0n) is 12.5. The van der Waals surface area contributed by atoms with Crippen molar-refractivity contribution in [1.29, 1.82) is 0 Å². The Morgan fingerprint density at radius 2 is 2.09 bits per heavy atom. The molecule has 0 aliphatic rings. The van der Waals surface area contributed by atoms with Gasteiger partial charge in [0.25, 0.3) is 0 Å². The Kier molecular flexibility index (Phi) is 7.38. The van der Waals surface area contributed by atoms with E-state index in [1.54, 1.807) is 31.2 Å². The number of aliphatic hydroxyl groups excluding tert-OH is 3. The highest BCUT2D eigenvalue weighted by atomic mass is 16.3. The molecule has 0 aliphatic heterocycles. The molecular weight excluding hydrogens is 286 g/mol. The Morgan fingerprint density at radius 1 is 1.36 bits per heavy atom. The molecule has 0 fully saturated rings. The van der Waals surface area contributed by atoms with Crippen LogP contribution in [0.4, 0.5) is 11.4 Å². The van der Waals surface area contributed by atoms with Gasteiger partial charge in [0.2, 0.25) is 5.91 Å². The summed E-state index contributed by atoms with van der Waals surface area (Å²) in [4.78, 5) is 11.7. The van der Waals surface area contributed by atoms with Crippen LogP contribution in [0.2, 0.25) is 0 Å². The summed E-state index contributed by atoms with van der Waals surface area (Å²) in [6.45, 7) is 1.39. The van der Waals surface area contributed by atoms with Crippen LogP contribution in [-0.2, 0) is 4.79 Å². The lowest BCUT2D eigenvalue weighted by atomic mass is 10.1. The topological polar surface area (TPSA) is 128 Å². The van der Waals surface area contributed by atoms with Crippen molar-refractivity contribution in [3.05, 3.63) is 29.8 Å². The SMILES string of the molecule is CC(CO)NC(=O)C=Cc1cc(N)ccc1NCC(O)CO. The fraction of sp³-hybridized carbons (Fsp3) is 0.400. The van der Waals surface area contributed by atoms with Gasteiger partial charge >= 0.3 is 0 Å². The molecule has 1 aromatic rings. The lowest BCUT2D eigenvalue weighted by Gasteiger charge is -2.13. The quantitative estimate of drug-likeness (QED) is 0.285. The molecule has 7 N–H and O–H groups in total. The van der Waals surface area contributed by atoms with Crippen LogP contribution in [0.15, 0.2) is 24.3 Å². The minimum atomic E-state index is -0.872. The summed E-state index contributed by atoms with van der Waals surface area (Å²) >= 11 is 0. The average molecular weight is 309 g/mol. The fourth-order valence-corrected chi connectivity index (χ4v) is 1.67. The maximum atomic E-state index is 11.7. The van der Waals surface area contributed by atoms with Crippen LogP contribution in [-0.4, -0.2) is 53.1 Å². The molecular formula is C15H23N3O4. The standard InChI is InChI=1S/C15H23N3O4/c1-10(8-19)18-15(22)5-2-11-6-12(16)3-4-14(11)17-7-13(21)9-20/h2-6,10,13,17,19-21H,7-9,16H2,1H3,(H,18,22). The Labute approximate surface area is 129 Å². The first-order valence-electron chi connectivity index (χ1n) is 6.98. The van der Waals surface area contributed by atoms with Crippen molar-refractivity contribution in [2.45, 2.75) is 19.1 Å². The number of nitrogens with one attached hydrogen (secondary N) is 2. The number of benzene rings is 1. The highest BCUT2D eigenvalue weighted by molar-refractivity contribution is 5.93. The fourth-order valence-electron chi connectivity index (χ4n) is 1.67. The van der Waals surface area contributed by atoms with Gasteiger partial charge in [0.1, 0.15) is 0 Å². The van der Waals surface area contributed by atoms with Crippen molar-refractivity contribution in [2.24, 2.45) is 0 Å². The molecule has 1 aromatic carbocycles. The third kappa shape index (κ3) is 6.13. The van der Waals surface area contributed by atoms with Crippen LogP contribution in [0, 0.1) is 0 Å². The predicted molar refractivity (Wildman–Crippen MR) is 86.2 cm³/mol. The summed E-state index contributed by atoms with van der Waals surface area (Å²) in [6, 6.07) is 4.79. The molecule has 1 rings (SSSR count). The molecule has 0 aliphatic carbocycles. The van der Waals surface area contributed by atoms with Gasteiger partial charge in [-0.25, -0.2) is 0 Å². The van der Waals surface area contributed by atoms with Crippen molar-refractivity contribution >= 4 is 23.4 Å². The van der Waals surface area contributed by atoms with E-state index in [0.29, 0.717) is 16.9 Å². The highest BCUT2D eigenvalue weighted by Crippen LogP contribution is 2.20. The van der Waals surface area contributed by atoms with Crippen LogP contribution in [0.1, 0.15) is 12.5 Å². The zero-order chi connectivity index (χ0) is 16.5. The van der Waals surface area contributed by atoms with E-state index in [0.717, 1.165) is 0 Å². The second-order valence-electron chi connectivity index (χ2n) is 4.99. The molecule has 0 saturated heterocycles. The van der Waals surface area contributed by atoms with E-state index in [1.807, 2.05) is 0 Å². The van der Waals surface area contributed by atoms with Gasteiger partial charge < -0.3 is 31.7 Å². The van der Waals surface area contributed by atoms with Crippen molar-refractivity contribution in [2.75, 3.05) is 30.8 Å². The smallest absolute Gasteiger partial charge is 0.244 e. The first kappa shape index (κ1) is 18.0. The Balaban J connectivity index is 2.79. The second kappa shape index (κ2) is 9.04. The molecule has 0 aromatic heterocycles. The first-order valence-corrected chi connectivity index (χ1v) is 6.98. The lowest BCUT2D eigenvalue weighted by Crippen LogP contribution is -2.33. The summed E-state index contributed by atoms with van der Waals surface area (Å²) in [5, 5.41) is 32.6. The predicted octanol–water partition coefficient (Wildman–Crippen LogP) is -0.456. The molecule has 0 bridgehead atoms. The van der Waals surface area contributed by atoms with Gasteiger partial charge in [-0.15, -0.1) is 0 Å². The van der Waals surface area contributed by atoms with Crippen LogP contribution in [0.3, 0.4) is 0 Å². The molecule has 0 spiro atoms. The molecule has 2 atom stereocenters. The Hall–Kier alpha value is -2.09. The van der Waals surface area contributed by atoms with E-state index in [9.17, 15) is 9.90 Å². The van der Waals surface area contributed by atoms with Crippen LogP contribution in [0.25, 0.3) is 6.08 Å². The van der Waals surface area contributed by atoms with Gasteiger partial charge in [-0.2, -0.15) is 0 Å². The van der Waals surface area contributed by atoms with E-state index in [4.69, 9.17) is 15.9 Å². The van der Waals surface area contributed by atoms with Gasteiger partial charge in [-0.3, -0.25) is 4.79 Å². The molecule has 22 heavy (non-hydrogen) atoms. The van der Waals surface area contributed by atoms with Gasteiger partial charge in [-0.1, -0.05) is 0 Å². The maximum absolute atomic E-state index is 11.7. The van der Waals surface area contributed by atoms with Crippen molar-refractivity contribution in [3.8, 4) is 0 Å². The second-order valence-corrected chi connectivity index (χ2v) is 4.99. The summed E-state index contributed by atoms with van der Waals surface area (Å²) in [7, 11) is 0. The third-order valence-corrected chi connectivity index (χ3v) is 2.89. The number of nitrogen functional groups attached to an aromatic ring is 1. The number of aliphatic hydroxyl groups is 3. The normalized spacial score (nSPS) is 13.8. The molecule has 7 nitrogen and oxygen atoms in total. The number of hydrogen-bond donors (Lipinski definition) is 6. The number of anilines is 2. The van der Waals surface area contributed by atoms with Crippen LogP contribution >= 0.6 is 0 Å². The molecule has 2 unspecified atom stereocenters. The van der Waals surface area contributed by atoms with Crippen LogP contribution < -0.4 is 16.4 Å². The molecule has 0 radical (unpaired) electrons. The first-order chi connectivity index (χ1) is 10.5. The number of hydrogen-bond acceptors (Lipinski definition) is 6. The minimum absolute atomic E-state index is 0.135. The minimum Gasteiger partial charge on any atom is -0.399 e. The van der Waals surface area contributed by atoms with E-state index in [-0.39, 0.29) is 31.7 Å². The van der Waals surface area contributed by atoms with Gasteiger partial charge in [0.05, 0.1) is 19.3 Å². The number of nitrogens with two attached hydrogens (primary N) is 1. The molecule has 1 amide bonds. The van der Waals surface area contributed by atoms with Crippen LogP contribution in [0.5, 0.6) is 0 Å².